The molecule has 230 valence electrons. The minimum Gasteiger partial charge on any atom is -0.487 e. The van der Waals surface area contributed by atoms with Crippen molar-refractivity contribution in [3.05, 3.63) is 66.7 Å². The average Bonchev–Trinajstić information content (AvgIpc) is 2.90. The third kappa shape index (κ3) is 7.70. The van der Waals surface area contributed by atoms with Gasteiger partial charge in [-0.1, -0.05) is 36.4 Å². The normalized spacial score (nSPS) is 13.0. The topological polar surface area (TPSA) is 27.7 Å². The SMILES string of the molecule is FC(F)C(F)(F)COc1ccc(-c2c(OCC(F)(F)C(F)(F)F)cccc2-c2ccc(OC(F)(F)C(F)F)cc2)cc1. The van der Waals surface area contributed by atoms with Gasteiger partial charge in [0.15, 0.2) is 13.2 Å². The molecule has 0 aliphatic carbocycles. The van der Waals surface area contributed by atoms with Crippen LogP contribution in [0.2, 0.25) is 0 Å². The van der Waals surface area contributed by atoms with E-state index in [0.717, 1.165) is 54.6 Å². The minimum absolute atomic E-state index is 0.0217. The van der Waals surface area contributed by atoms with E-state index in [2.05, 4.69) is 9.47 Å². The lowest BCUT2D eigenvalue weighted by atomic mass is 9.93. The molecule has 0 unspecified atom stereocenters. The van der Waals surface area contributed by atoms with Crippen LogP contribution in [0.25, 0.3) is 22.3 Å². The lowest BCUT2D eigenvalue weighted by Crippen LogP contribution is -2.41. The van der Waals surface area contributed by atoms with Crippen molar-refractivity contribution in [3.63, 3.8) is 0 Å². The summed E-state index contributed by atoms with van der Waals surface area (Å²) in [6.45, 7) is -3.84. The van der Waals surface area contributed by atoms with Crippen molar-refractivity contribution in [3.8, 4) is 39.5 Å². The molecule has 3 aromatic rings. The number of rotatable bonds is 12. The fourth-order valence-corrected chi connectivity index (χ4v) is 3.30. The van der Waals surface area contributed by atoms with Crippen LogP contribution in [0, 0.1) is 0 Å². The fraction of sp³-hybridized carbons (Fsp3) is 0.308. The van der Waals surface area contributed by atoms with Gasteiger partial charge in [-0.25, -0.2) is 8.78 Å². The Kier molecular flexibility index (Phi) is 9.47. The van der Waals surface area contributed by atoms with Crippen molar-refractivity contribution in [2.75, 3.05) is 13.2 Å². The smallest absolute Gasteiger partial charge is 0.461 e. The average molecular weight is 624 g/mol. The number of benzene rings is 3. The lowest BCUT2D eigenvalue weighted by molar-refractivity contribution is -0.289. The molecule has 0 saturated carbocycles. The Morgan fingerprint density at radius 3 is 1.64 bits per heavy atom. The zero-order valence-corrected chi connectivity index (χ0v) is 20.6. The summed E-state index contributed by atoms with van der Waals surface area (Å²) in [6, 6.07) is 11.7. The Morgan fingerprint density at radius 2 is 1.12 bits per heavy atom. The van der Waals surface area contributed by atoms with Gasteiger partial charge in [-0.2, -0.15) is 48.3 Å². The molecular weight excluding hydrogens is 607 g/mol. The molecule has 3 nitrogen and oxygen atoms in total. The second kappa shape index (κ2) is 12.2. The monoisotopic (exact) mass is 624 g/mol. The highest BCUT2D eigenvalue weighted by Crippen LogP contribution is 2.42. The zero-order chi connectivity index (χ0) is 31.5. The van der Waals surface area contributed by atoms with Crippen LogP contribution in [-0.2, 0) is 0 Å². The van der Waals surface area contributed by atoms with Gasteiger partial charge in [-0.3, -0.25) is 0 Å². The van der Waals surface area contributed by atoms with Gasteiger partial charge in [0, 0.05) is 5.56 Å². The number of hydrogen-bond acceptors (Lipinski definition) is 3. The molecule has 0 heterocycles. The van der Waals surface area contributed by atoms with Crippen LogP contribution in [0.4, 0.5) is 57.1 Å². The van der Waals surface area contributed by atoms with E-state index >= 15 is 0 Å². The highest BCUT2D eigenvalue weighted by molar-refractivity contribution is 5.88. The molecule has 0 saturated heterocycles. The molecule has 0 bridgehead atoms. The van der Waals surface area contributed by atoms with Crippen molar-refractivity contribution in [2.45, 2.75) is 37.0 Å². The highest BCUT2D eigenvalue weighted by Gasteiger charge is 2.58. The number of hydrogen-bond donors (Lipinski definition) is 0. The Balaban J connectivity index is 2.01. The van der Waals surface area contributed by atoms with Crippen LogP contribution in [0.1, 0.15) is 0 Å². The van der Waals surface area contributed by atoms with E-state index in [-0.39, 0.29) is 28.0 Å². The summed E-state index contributed by atoms with van der Waals surface area (Å²) in [7, 11) is 0. The van der Waals surface area contributed by atoms with Crippen LogP contribution >= 0.6 is 0 Å². The lowest BCUT2D eigenvalue weighted by Gasteiger charge is -2.22. The molecular formula is C26H17F13O3. The van der Waals surface area contributed by atoms with Gasteiger partial charge in [0.05, 0.1) is 0 Å². The summed E-state index contributed by atoms with van der Waals surface area (Å²) in [5, 5.41) is 0. The highest BCUT2D eigenvalue weighted by atomic mass is 19.4. The third-order valence-electron chi connectivity index (χ3n) is 5.42. The molecule has 3 rings (SSSR count). The maximum atomic E-state index is 13.6. The first-order valence-electron chi connectivity index (χ1n) is 11.4. The van der Waals surface area contributed by atoms with Crippen LogP contribution in [0.5, 0.6) is 17.2 Å². The van der Waals surface area contributed by atoms with Gasteiger partial charge < -0.3 is 14.2 Å². The van der Waals surface area contributed by atoms with E-state index in [9.17, 15) is 57.1 Å². The van der Waals surface area contributed by atoms with Crippen molar-refractivity contribution in [1.82, 2.24) is 0 Å². The summed E-state index contributed by atoms with van der Waals surface area (Å²) in [4.78, 5) is 0. The number of ether oxygens (including phenoxy) is 3. The van der Waals surface area contributed by atoms with Crippen LogP contribution in [0.3, 0.4) is 0 Å². The molecule has 0 aliphatic rings. The predicted octanol–water partition coefficient (Wildman–Crippen LogP) is 9.11. The van der Waals surface area contributed by atoms with Gasteiger partial charge >= 0.3 is 37.0 Å². The van der Waals surface area contributed by atoms with E-state index in [4.69, 9.17) is 4.74 Å². The Morgan fingerprint density at radius 1 is 0.571 bits per heavy atom. The van der Waals surface area contributed by atoms with E-state index < -0.39 is 61.7 Å². The molecule has 3 aromatic carbocycles. The number of alkyl halides is 13. The Hall–Kier alpha value is -3.85. The number of halogens is 13. The maximum absolute atomic E-state index is 13.6. The van der Waals surface area contributed by atoms with Crippen LogP contribution < -0.4 is 14.2 Å². The van der Waals surface area contributed by atoms with Crippen molar-refractivity contribution >= 4 is 0 Å². The van der Waals surface area contributed by atoms with E-state index in [0.29, 0.717) is 0 Å². The van der Waals surface area contributed by atoms with Crippen molar-refractivity contribution in [1.29, 1.82) is 0 Å². The summed E-state index contributed by atoms with van der Waals surface area (Å²) < 4.78 is 181. The first kappa shape index (κ1) is 32.7. The molecule has 0 spiro atoms. The summed E-state index contributed by atoms with van der Waals surface area (Å²) >= 11 is 0. The standard InChI is InChI=1S/C26H17F13O3/c27-21(28)23(31,32)12-40-16-8-6-15(7-9-16)20-18(2-1-3-19(20)41-13-24(33,34)26(37,38)39)14-4-10-17(11-5-14)42-25(35,36)22(29)30/h1-11,21-22H,12-13H2. The van der Waals surface area contributed by atoms with Crippen molar-refractivity contribution < 1.29 is 71.3 Å². The van der Waals surface area contributed by atoms with Gasteiger partial charge in [0.1, 0.15) is 17.2 Å². The van der Waals surface area contributed by atoms with Gasteiger partial charge in [0.25, 0.3) is 0 Å². The van der Waals surface area contributed by atoms with E-state index in [1.807, 2.05) is 0 Å². The first-order valence-corrected chi connectivity index (χ1v) is 11.4. The molecule has 0 radical (unpaired) electrons. The van der Waals surface area contributed by atoms with Crippen LogP contribution in [-0.4, -0.2) is 50.2 Å². The van der Waals surface area contributed by atoms with Crippen molar-refractivity contribution in [2.24, 2.45) is 0 Å². The van der Waals surface area contributed by atoms with E-state index in [1.54, 1.807) is 0 Å². The van der Waals surface area contributed by atoms with Gasteiger partial charge in [0.2, 0.25) is 0 Å². The Bertz CT molecular complexity index is 1320. The molecule has 0 amide bonds. The Labute approximate surface area is 228 Å². The summed E-state index contributed by atoms with van der Waals surface area (Å²) in [5.41, 5.74) is 0.0236. The predicted molar refractivity (Wildman–Crippen MR) is 122 cm³/mol. The largest absolute Gasteiger partial charge is 0.487 e. The molecule has 0 fully saturated rings. The zero-order valence-electron chi connectivity index (χ0n) is 20.6. The maximum Gasteiger partial charge on any atom is 0.461 e. The molecule has 0 aromatic heterocycles. The fourth-order valence-electron chi connectivity index (χ4n) is 3.30. The second-order valence-electron chi connectivity index (χ2n) is 8.53. The van der Waals surface area contributed by atoms with Gasteiger partial charge in [-0.05, 0) is 47.0 Å². The second-order valence-corrected chi connectivity index (χ2v) is 8.53. The molecule has 16 heteroatoms. The van der Waals surface area contributed by atoms with Crippen LogP contribution in [0.15, 0.2) is 66.7 Å². The summed E-state index contributed by atoms with van der Waals surface area (Å²) in [5.74, 6) is -11.3. The minimum atomic E-state index is -5.96. The molecule has 0 N–H and O–H groups in total. The third-order valence-corrected chi connectivity index (χ3v) is 5.42. The molecule has 42 heavy (non-hydrogen) atoms. The molecule has 0 aliphatic heterocycles. The van der Waals surface area contributed by atoms with Gasteiger partial charge in [-0.15, -0.1) is 0 Å². The van der Waals surface area contributed by atoms with E-state index in [1.165, 1.54) is 12.1 Å². The molecule has 0 atom stereocenters. The quantitative estimate of drug-likeness (QED) is 0.188. The first-order chi connectivity index (χ1) is 19.3. The summed E-state index contributed by atoms with van der Waals surface area (Å²) in [6.07, 6.45) is -19.0.